The Bertz CT molecular complexity index is 476. The molecule has 1 heterocycles. The summed E-state index contributed by atoms with van der Waals surface area (Å²) in [7, 11) is 0. The second-order valence-corrected chi connectivity index (χ2v) is 4.15. The molecule has 1 aromatic heterocycles. The summed E-state index contributed by atoms with van der Waals surface area (Å²) in [5, 5.41) is 3.96. The fraction of sp³-hybridized carbons (Fsp3) is 0.333. The highest BCUT2D eigenvalue weighted by atomic mass is 16.5. The molecule has 1 aliphatic carbocycles. The molecule has 0 saturated heterocycles. The second kappa shape index (κ2) is 3.72. The second-order valence-electron chi connectivity index (χ2n) is 4.15. The third-order valence-electron chi connectivity index (χ3n) is 2.82. The van der Waals surface area contributed by atoms with E-state index in [0.717, 1.165) is 11.4 Å². The van der Waals surface area contributed by atoms with E-state index in [-0.39, 0.29) is 6.04 Å². The highest BCUT2D eigenvalue weighted by Gasteiger charge is 2.29. The molecule has 1 saturated carbocycles. The smallest absolute Gasteiger partial charge is 0.248 e. The first kappa shape index (κ1) is 9.54. The number of nitrogens with two attached hydrogens (primary N) is 1. The summed E-state index contributed by atoms with van der Waals surface area (Å²) in [4.78, 5) is 4.35. The molecule has 1 aliphatic rings. The minimum atomic E-state index is -0.318. The Balaban J connectivity index is 1.85. The zero-order valence-electron chi connectivity index (χ0n) is 8.84. The molecule has 0 aliphatic heterocycles. The quantitative estimate of drug-likeness (QED) is 0.850. The van der Waals surface area contributed by atoms with Crippen LogP contribution < -0.4 is 5.73 Å². The van der Waals surface area contributed by atoms with Crippen LogP contribution >= 0.6 is 0 Å². The molecule has 0 radical (unpaired) electrons. The summed E-state index contributed by atoms with van der Waals surface area (Å²) in [6.07, 6.45) is 2.33. The molecular weight excluding hydrogens is 202 g/mol. The summed E-state index contributed by atoms with van der Waals surface area (Å²) >= 11 is 0. The number of hydrogen-bond donors (Lipinski definition) is 1. The third-order valence-corrected chi connectivity index (χ3v) is 2.82. The van der Waals surface area contributed by atoms with E-state index in [1.807, 2.05) is 30.3 Å². The van der Waals surface area contributed by atoms with Crippen molar-refractivity contribution in [1.82, 2.24) is 10.1 Å². The van der Waals surface area contributed by atoms with Crippen LogP contribution in [0.1, 0.15) is 42.1 Å². The number of benzene rings is 1. The van der Waals surface area contributed by atoms with Crippen LogP contribution in [-0.4, -0.2) is 10.1 Å². The number of hydrogen-bond acceptors (Lipinski definition) is 4. The molecule has 1 atom stereocenters. The maximum atomic E-state index is 6.05. The fourth-order valence-corrected chi connectivity index (χ4v) is 1.68. The molecule has 2 aromatic rings. The summed E-state index contributed by atoms with van der Waals surface area (Å²) in [5.41, 5.74) is 7.05. The average molecular weight is 215 g/mol. The van der Waals surface area contributed by atoms with Gasteiger partial charge in [-0.3, -0.25) is 0 Å². The summed E-state index contributed by atoms with van der Waals surface area (Å²) < 4.78 is 5.20. The maximum Gasteiger partial charge on any atom is 0.248 e. The molecule has 3 rings (SSSR count). The van der Waals surface area contributed by atoms with Gasteiger partial charge in [0.2, 0.25) is 5.89 Å². The van der Waals surface area contributed by atoms with Gasteiger partial charge in [-0.1, -0.05) is 35.5 Å². The van der Waals surface area contributed by atoms with Crippen molar-refractivity contribution in [2.45, 2.75) is 24.8 Å². The largest absolute Gasteiger partial charge is 0.337 e. The molecule has 4 nitrogen and oxygen atoms in total. The van der Waals surface area contributed by atoms with E-state index in [0.29, 0.717) is 11.8 Å². The molecule has 0 bridgehead atoms. The molecule has 0 amide bonds. The van der Waals surface area contributed by atoms with Crippen LogP contribution in [-0.2, 0) is 0 Å². The molecule has 4 heteroatoms. The van der Waals surface area contributed by atoms with Gasteiger partial charge in [-0.25, -0.2) is 0 Å². The number of nitrogens with zero attached hydrogens (tertiary/aromatic N) is 2. The Labute approximate surface area is 93.5 Å². The molecule has 0 spiro atoms. The number of rotatable bonds is 3. The van der Waals surface area contributed by atoms with Crippen molar-refractivity contribution < 1.29 is 4.52 Å². The summed E-state index contributed by atoms with van der Waals surface area (Å²) in [6.45, 7) is 0. The zero-order valence-corrected chi connectivity index (χ0v) is 8.84. The molecule has 82 valence electrons. The lowest BCUT2D eigenvalue weighted by molar-refractivity contribution is 0.362. The van der Waals surface area contributed by atoms with Crippen molar-refractivity contribution >= 4 is 0 Å². The average Bonchev–Trinajstić information content (AvgIpc) is 3.08. The van der Waals surface area contributed by atoms with E-state index in [2.05, 4.69) is 10.1 Å². The van der Waals surface area contributed by atoms with Gasteiger partial charge in [0.05, 0.1) is 0 Å². The van der Waals surface area contributed by atoms with E-state index in [4.69, 9.17) is 10.3 Å². The first-order chi connectivity index (χ1) is 7.84. The van der Waals surface area contributed by atoms with Crippen molar-refractivity contribution in [3.63, 3.8) is 0 Å². The molecule has 1 aromatic carbocycles. The topological polar surface area (TPSA) is 64.9 Å². The lowest BCUT2D eigenvalue weighted by Gasteiger charge is -2.05. The Morgan fingerprint density at radius 3 is 2.69 bits per heavy atom. The standard InChI is InChI=1S/C12H13N3O/c13-10(8-4-2-1-3-5-8)12-14-11(15-16-12)9-6-7-9/h1-5,9-10H,6-7,13H2. The predicted molar refractivity (Wildman–Crippen MR) is 58.7 cm³/mol. The van der Waals surface area contributed by atoms with Gasteiger partial charge < -0.3 is 10.3 Å². The Kier molecular flexibility index (Phi) is 2.22. The normalized spacial score (nSPS) is 17.3. The Morgan fingerprint density at radius 1 is 1.25 bits per heavy atom. The maximum absolute atomic E-state index is 6.05. The van der Waals surface area contributed by atoms with E-state index in [1.54, 1.807) is 0 Å². The van der Waals surface area contributed by atoms with Gasteiger partial charge in [0, 0.05) is 5.92 Å². The van der Waals surface area contributed by atoms with Crippen LogP contribution in [0.4, 0.5) is 0 Å². The van der Waals surface area contributed by atoms with Crippen molar-refractivity contribution in [3.05, 3.63) is 47.6 Å². The Hall–Kier alpha value is -1.68. The number of aromatic nitrogens is 2. The van der Waals surface area contributed by atoms with Crippen LogP contribution in [0.5, 0.6) is 0 Å². The van der Waals surface area contributed by atoms with Gasteiger partial charge in [0.25, 0.3) is 0 Å². The minimum absolute atomic E-state index is 0.318. The van der Waals surface area contributed by atoms with Crippen molar-refractivity contribution in [2.75, 3.05) is 0 Å². The van der Waals surface area contributed by atoms with Crippen LogP contribution in [0.25, 0.3) is 0 Å². The predicted octanol–water partition coefficient (Wildman–Crippen LogP) is 2.00. The van der Waals surface area contributed by atoms with Gasteiger partial charge in [-0.2, -0.15) is 4.98 Å². The van der Waals surface area contributed by atoms with E-state index in [9.17, 15) is 0 Å². The van der Waals surface area contributed by atoms with Gasteiger partial charge in [-0.05, 0) is 18.4 Å². The first-order valence-electron chi connectivity index (χ1n) is 5.48. The van der Waals surface area contributed by atoms with Crippen molar-refractivity contribution in [1.29, 1.82) is 0 Å². The molecular formula is C12H13N3O. The molecule has 1 fully saturated rings. The molecule has 16 heavy (non-hydrogen) atoms. The van der Waals surface area contributed by atoms with Gasteiger partial charge >= 0.3 is 0 Å². The summed E-state index contributed by atoms with van der Waals surface area (Å²) in [5.74, 6) is 1.81. The van der Waals surface area contributed by atoms with Gasteiger partial charge in [0.1, 0.15) is 6.04 Å². The highest BCUT2D eigenvalue weighted by Crippen LogP contribution is 2.38. The van der Waals surface area contributed by atoms with Crippen molar-refractivity contribution in [3.8, 4) is 0 Å². The van der Waals surface area contributed by atoms with Crippen LogP contribution in [0.2, 0.25) is 0 Å². The van der Waals surface area contributed by atoms with Crippen molar-refractivity contribution in [2.24, 2.45) is 5.73 Å². The van der Waals surface area contributed by atoms with E-state index in [1.165, 1.54) is 12.8 Å². The zero-order chi connectivity index (χ0) is 11.0. The van der Waals surface area contributed by atoms with Crippen LogP contribution in [0, 0.1) is 0 Å². The highest BCUT2D eigenvalue weighted by molar-refractivity contribution is 5.23. The minimum Gasteiger partial charge on any atom is -0.337 e. The molecule has 2 N–H and O–H groups in total. The molecule has 1 unspecified atom stereocenters. The Morgan fingerprint density at radius 2 is 2.00 bits per heavy atom. The lowest BCUT2D eigenvalue weighted by Crippen LogP contribution is -2.12. The van der Waals surface area contributed by atoms with Gasteiger partial charge in [-0.15, -0.1) is 0 Å². The third kappa shape index (κ3) is 1.72. The van der Waals surface area contributed by atoms with E-state index >= 15 is 0 Å². The first-order valence-corrected chi connectivity index (χ1v) is 5.48. The SMILES string of the molecule is NC(c1ccccc1)c1nc(C2CC2)no1. The van der Waals surface area contributed by atoms with Gasteiger partial charge in [0.15, 0.2) is 5.82 Å². The van der Waals surface area contributed by atoms with E-state index < -0.39 is 0 Å². The fourth-order valence-electron chi connectivity index (χ4n) is 1.68. The van der Waals surface area contributed by atoms with Crippen LogP contribution in [0.3, 0.4) is 0 Å². The summed E-state index contributed by atoms with van der Waals surface area (Å²) in [6, 6.07) is 9.47. The monoisotopic (exact) mass is 215 g/mol. The lowest BCUT2D eigenvalue weighted by atomic mass is 10.1. The van der Waals surface area contributed by atoms with Crippen LogP contribution in [0.15, 0.2) is 34.9 Å².